The number of carbonyl (C=O) groups excluding carboxylic acids is 3. The second kappa shape index (κ2) is 5.65. The van der Waals surface area contributed by atoms with Gasteiger partial charge in [0.15, 0.2) is 6.10 Å². The minimum atomic E-state index is -1.03. The molecular formula is C14H14N4O6. The lowest BCUT2D eigenvalue weighted by Crippen LogP contribution is -2.38. The van der Waals surface area contributed by atoms with Gasteiger partial charge in [0, 0.05) is 19.2 Å². The summed E-state index contributed by atoms with van der Waals surface area (Å²) in [4.78, 5) is 52.4. The number of amides is 3. The highest BCUT2D eigenvalue weighted by Gasteiger charge is 2.58. The second-order valence-electron chi connectivity index (χ2n) is 5.62. The van der Waals surface area contributed by atoms with Crippen LogP contribution in [0.15, 0.2) is 24.3 Å². The first-order chi connectivity index (χ1) is 11.3. The fourth-order valence-electron chi connectivity index (χ4n) is 3.06. The number of hydroxylamine groups is 2. The molecule has 3 rings (SSSR count). The van der Waals surface area contributed by atoms with Gasteiger partial charge in [-0.2, -0.15) is 5.06 Å². The van der Waals surface area contributed by atoms with Crippen LogP contribution < -0.4 is 5.73 Å². The fraction of sp³-hybridized carbons (Fsp3) is 0.357. The summed E-state index contributed by atoms with van der Waals surface area (Å²) < 4.78 is 0. The first-order valence-electron chi connectivity index (χ1n) is 7.08. The summed E-state index contributed by atoms with van der Waals surface area (Å²) in [5, 5.41) is 12.0. The maximum Gasteiger partial charge on any atom is 0.269 e. The predicted octanol–water partition coefficient (Wildman–Crippen LogP) is -0.648. The van der Waals surface area contributed by atoms with Crippen molar-refractivity contribution in [1.29, 1.82) is 0 Å². The van der Waals surface area contributed by atoms with E-state index in [4.69, 9.17) is 10.6 Å². The molecule has 1 aromatic carbocycles. The summed E-state index contributed by atoms with van der Waals surface area (Å²) >= 11 is 0. The molecule has 0 aliphatic carbocycles. The van der Waals surface area contributed by atoms with Crippen LogP contribution in [0.1, 0.15) is 11.6 Å². The summed E-state index contributed by atoms with van der Waals surface area (Å²) in [6, 6.07) is 4.79. The van der Waals surface area contributed by atoms with Crippen LogP contribution in [0, 0.1) is 16.0 Å². The first-order valence-corrected chi connectivity index (χ1v) is 7.08. The minimum absolute atomic E-state index is 0.110. The van der Waals surface area contributed by atoms with Crippen molar-refractivity contribution < 1.29 is 24.1 Å². The van der Waals surface area contributed by atoms with Gasteiger partial charge in [-0.05, 0) is 5.56 Å². The Labute approximate surface area is 135 Å². The monoisotopic (exact) mass is 334 g/mol. The molecule has 24 heavy (non-hydrogen) atoms. The maximum absolute atomic E-state index is 12.4. The number of benzene rings is 1. The smallest absolute Gasteiger partial charge is 0.269 e. The number of likely N-dealkylation sites (tertiary alicyclic amines) is 1. The number of nitrogens with two attached hydrogens (primary N) is 1. The Balaban J connectivity index is 1.99. The summed E-state index contributed by atoms with van der Waals surface area (Å²) in [5.74, 6) is -2.44. The minimum Gasteiger partial charge on any atom is -0.368 e. The number of hydrogen-bond donors (Lipinski definition) is 1. The van der Waals surface area contributed by atoms with Crippen LogP contribution in [0.4, 0.5) is 5.69 Å². The van der Waals surface area contributed by atoms with Gasteiger partial charge >= 0.3 is 0 Å². The highest BCUT2D eigenvalue weighted by Crippen LogP contribution is 2.44. The maximum atomic E-state index is 12.4. The van der Waals surface area contributed by atoms with E-state index in [-0.39, 0.29) is 12.2 Å². The van der Waals surface area contributed by atoms with Gasteiger partial charge in [-0.15, -0.1) is 0 Å². The van der Waals surface area contributed by atoms with Gasteiger partial charge in [0.2, 0.25) is 11.8 Å². The summed E-state index contributed by atoms with van der Waals surface area (Å²) in [7, 11) is 1.36. The summed E-state index contributed by atoms with van der Waals surface area (Å²) in [6.45, 7) is -0.307. The van der Waals surface area contributed by atoms with Crippen LogP contribution in [0.3, 0.4) is 0 Å². The van der Waals surface area contributed by atoms with E-state index in [0.717, 1.165) is 4.90 Å². The van der Waals surface area contributed by atoms with E-state index in [9.17, 15) is 24.5 Å². The average Bonchev–Trinajstić information content (AvgIpc) is 2.99. The van der Waals surface area contributed by atoms with Crippen LogP contribution in [0.2, 0.25) is 0 Å². The van der Waals surface area contributed by atoms with Crippen molar-refractivity contribution in [3.8, 4) is 0 Å². The van der Waals surface area contributed by atoms with Gasteiger partial charge < -0.3 is 5.73 Å². The lowest BCUT2D eigenvalue weighted by molar-refractivity contribution is -0.384. The number of imide groups is 1. The molecule has 0 radical (unpaired) electrons. The molecule has 3 atom stereocenters. The zero-order valence-corrected chi connectivity index (χ0v) is 12.6. The van der Waals surface area contributed by atoms with Gasteiger partial charge in [-0.1, -0.05) is 12.1 Å². The number of carbonyl (C=O) groups is 3. The van der Waals surface area contributed by atoms with E-state index in [0.29, 0.717) is 5.56 Å². The third-order valence-electron chi connectivity index (χ3n) is 4.17. The van der Waals surface area contributed by atoms with E-state index in [1.165, 1.54) is 36.4 Å². The fourth-order valence-corrected chi connectivity index (χ4v) is 3.06. The van der Waals surface area contributed by atoms with Crippen molar-refractivity contribution in [1.82, 2.24) is 9.96 Å². The van der Waals surface area contributed by atoms with Gasteiger partial charge in [0.1, 0.15) is 6.54 Å². The molecule has 0 spiro atoms. The molecule has 2 aliphatic rings. The van der Waals surface area contributed by atoms with Crippen LogP contribution in [0.25, 0.3) is 0 Å². The Morgan fingerprint density at radius 1 is 1.29 bits per heavy atom. The Morgan fingerprint density at radius 2 is 1.92 bits per heavy atom. The SMILES string of the molecule is CN1C(=O)[C@H]2[C@H](ON(CC(N)=O)[C@H]2c2ccc([N+](=O)[O-])cc2)C1=O. The highest BCUT2D eigenvalue weighted by atomic mass is 16.7. The molecule has 2 saturated heterocycles. The Bertz CT molecular complexity index is 733. The van der Waals surface area contributed by atoms with E-state index in [1.807, 2.05) is 0 Å². The molecule has 1 aromatic rings. The molecule has 10 nitrogen and oxygen atoms in total. The number of likely N-dealkylation sites (N-methyl/N-ethyl adjacent to an activating group) is 1. The number of rotatable bonds is 4. The second-order valence-corrected chi connectivity index (χ2v) is 5.62. The van der Waals surface area contributed by atoms with Gasteiger partial charge in [0.25, 0.3) is 11.6 Å². The molecule has 10 heteroatoms. The normalized spacial score (nSPS) is 26.7. The van der Waals surface area contributed by atoms with E-state index in [1.54, 1.807) is 0 Å². The quantitative estimate of drug-likeness (QED) is 0.439. The molecule has 2 heterocycles. The topological polar surface area (TPSA) is 136 Å². The third kappa shape index (κ3) is 2.41. The number of non-ortho nitro benzene ring substituents is 1. The van der Waals surface area contributed by atoms with E-state index >= 15 is 0 Å². The number of fused-ring (bicyclic) bond motifs is 1. The van der Waals surface area contributed by atoms with E-state index in [2.05, 4.69) is 0 Å². The number of hydrogen-bond acceptors (Lipinski definition) is 7. The van der Waals surface area contributed by atoms with Crippen molar-refractivity contribution >= 4 is 23.4 Å². The van der Waals surface area contributed by atoms with E-state index < -0.39 is 40.7 Å². The van der Waals surface area contributed by atoms with Crippen molar-refractivity contribution in [2.24, 2.45) is 11.7 Å². The summed E-state index contributed by atoms with van der Waals surface area (Å²) in [5.41, 5.74) is 5.60. The molecule has 0 saturated carbocycles. The van der Waals surface area contributed by atoms with Gasteiger partial charge in [-0.25, -0.2) is 0 Å². The molecule has 126 valence electrons. The number of nitro benzene ring substituents is 1. The molecular weight excluding hydrogens is 320 g/mol. The zero-order valence-electron chi connectivity index (χ0n) is 12.6. The molecule has 0 bridgehead atoms. The molecule has 0 unspecified atom stereocenters. The van der Waals surface area contributed by atoms with Crippen LogP contribution >= 0.6 is 0 Å². The summed E-state index contributed by atoms with van der Waals surface area (Å²) in [6.07, 6.45) is -1.03. The van der Waals surface area contributed by atoms with Crippen molar-refractivity contribution in [3.05, 3.63) is 39.9 Å². The molecule has 3 amide bonds. The van der Waals surface area contributed by atoms with Crippen molar-refractivity contribution in [2.75, 3.05) is 13.6 Å². The van der Waals surface area contributed by atoms with Gasteiger partial charge in [-0.3, -0.25) is 34.2 Å². The molecule has 0 aromatic heterocycles. The first kappa shape index (κ1) is 16.0. The Kier molecular flexibility index (Phi) is 3.78. The lowest BCUT2D eigenvalue weighted by atomic mass is 9.90. The number of nitro groups is 1. The van der Waals surface area contributed by atoms with Gasteiger partial charge in [0.05, 0.1) is 16.9 Å². The molecule has 2 N–H and O–H groups in total. The lowest BCUT2D eigenvalue weighted by Gasteiger charge is -2.25. The molecule has 2 fully saturated rings. The molecule has 2 aliphatic heterocycles. The number of nitrogens with zero attached hydrogens (tertiary/aromatic N) is 3. The zero-order chi connectivity index (χ0) is 17.6. The largest absolute Gasteiger partial charge is 0.368 e. The van der Waals surface area contributed by atoms with Crippen LogP contribution in [-0.4, -0.2) is 52.3 Å². The predicted molar refractivity (Wildman–Crippen MR) is 77.9 cm³/mol. The van der Waals surface area contributed by atoms with Crippen molar-refractivity contribution in [2.45, 2.75) is 12.1 Å². The standard InChI is InChI=1S/C14H14N4O6/c1-16-13(20)10-11(7-2-4-8(5-3-7)18(22)23)17(6-9(15)19)24-12(10)14(16)21/h2-5,10-12H,6H2,1H3,(H2,15,19)/t10-,11+,12+/m1/s1. The highest BCUT2D eigenvalue weighted by molar-refractivity contribution is 6.07. The number of primary amides is 1. The van der Waals surface area contributed by atoms with Crippen LogP contribution in [0.5, 0.6) is 0 Å². The Morgan fingerprint density at radius 3 is 2.46 bits per heavy atom. The Hall–Kier alpha value is -2.85. The van der Waals surface area contributed by atoms with Crippen LogP contribution in [-0.2, 0) is 19.2 Å². The average molecular weight is 334 g/mol. The van der Waals surface area contributed by atoms with Crippen molar-refractivity contribution in [3.63, 3.8) is 0 Å². The third-order valence-corrected chi connectivity index (χ3v) is 4.17.